The van der Waals surface area contributed by atoms with Crippen LogP contribution in [0.4, 0.5) is 0 Å². The minimum Gasteiger partial charge on any atom is -0.382 e. The zero-order valence-corrected chi connectivity index (χ0v) is 11.5. The molecule has 1 rings (SSSR count). The number of carbonyl (C=O) groups excluding carboxylic acids is 1. The first-order valence-corrected chi connectivity index (χ1v) is 6.80. The summed E-state index contributed by atoms with van der Waals surface area (Å²) in [4.78, 5) is 11.8. The van der Waals surface area contributed by atoms with Crippen LogP contribution in [0.1, 0.15) is 19.8 Å². The number of unbranched alkanes of at least 4 members (excludes halogenated alkanes) is 1. The van der Waals surface area contributed by atoms with Crippen LogP contribution in [0.5, 0.6) is 0 Å². The molecule has 2 N–H and O–H groups in total. The summed E-state index contributed by atoms with van der Waals surface area (Å²) in [5, 5.41) is 6.18. The SMILES string of the molecule is COCCOCCCCNC(=O)C(C)C1CNC1. The second-order valence-corrected chi connectivity index (χ2v) is 4.81. The predicted octanol–water partition coefficient (Wildman–Crippen LogP) is 0.401. The molecular weight excluding hydrogens is 232 g/mol. The minimum atomic E-state index is 0.129. The third kappa shape index (κ3) is 5.80. The number of nitrogens with one attached hydrogen (secondary N) is 2. The molecule has 1 aliphatic heterocycles. The summed E-state index contributed by atoms with van der Waals surface area (Å²) in [6, 6.07) is 0. The second kappa shape index (κ2) is 9.30. The van der Waals surface area contributed by atoms with E-state index in [2.05, 4.69) is 10.6 Å². The molecule has 0 aromatic carbocycles. The molecule has 1 unspecified atom stereocenters. The van der Waals surface area contributed by atoms with Crippen LogP contribution in [0.2, 0.25) is 0 Å². The summed E-state index contributed by atoms with van der Waals surface area (Å²) in [5.41, 5.74) is 0. The molecular formula is C13H26N2O3. The van der Waals surface area contributed by atoms with E-state index in [0.717, 1.165) is 39.1 Å². The molecule has 0 aromatic heterocycles. The Kier molecular flexibility index (Phi) is 7.96. The quantitative estimate of drug-likeness (QED) is 0.557. The largest absolute Gasteiger partial charge is 0.382 e. The Morgan fingerprint density at radius 3 is 2.72 bits per heavy atom. The van der Waals surface area contributed by atoms with Gasteiger partial charge in [0.05, 0.1) is 13.2 Å². The summed E-state index contributed by atoms with van der Waals surface area (Å²) in [5.74, 6) is 0.827. The van der Waals surface area contributed by atoms with Crippen molar-refractivity contribution in [1.82, 2.24) is 10.6 Å². The maximum absolute atomic E-state index is 11.8. The van der Waals surface area contributed by atoms with Crippen molar-refractivity contribution in [2.24, 2.45) is 11.8 Å². The summed E-state index contributed by atoms with van der Waals surface area (Å²) >= 11 is 0. The molecule has 18 heavy (non-hydrogen) atoms. The zero-order valence-electron chi connectivity index (χ0n) is 11.5. The number of amides is 1. The minimum absolute atomic E-state index is 0.129. The fourth-order valence-corrected chi connectivity index (χ4v) is 1.82. The molecule has 1 heterocycles. The lowest BCUT2D eigenvalue weighted by molar-refractivity contribution is -0.126. The molecule has 0 saturated carbocycles. The standard InChI is InChI=1S/C13H26N2O3/c1-11(12-9-14-10-12)13(16)15-5-3-4-6-18-8-7-17-2/h11-12,14H,3-10H2,1-2H3,(H,15,16). The van der Waals surface area contributed by atoms with Crippen molar-refractivity contribution in [3.05, 3.63) is 0 Å². The number of ether oxygens (including phenoxy) is 2. The van der Waals surface area contributed by atoms with Crippen molar-refractivity contribution in [3.63, 3.8) is 0 Å². The number of carbonyl (C=O) groups is 1. The molecule has 1 saturated heterocycles. The topological polar surface area (TPSA) is 59.6 Å². The van der Waals surface area contributed by atoms with Gasteiger partial charge in [-0.25, -0.2) is 0 Å². The summed E-state index contributed by atoms with van der Waals surface area (Å²) < 4.78 is 10.2. The van der Waals surface area contributed by atoms with Gasteiger partial charge in [-0.2, -0.15) is 0 Å². The highest BCUT2D eigenvalue weighted by Crippen LogP contribution is 2.15. The first kappa shape index (κ1) is 15.4. The van der Waals surface area contributed by atoms with E-state index in [1.165, 1.54) is 0 Å². The van der Waals surface area contributed by atoms with Crippen molar-refractivity contribution < 1.29 is 14.3 Å². The molecule has 0 spiro atoms. The number of hydrogen-bond donors (Lipinski definition) is 2. The number of hydrogen-bond acceptors (Lipinski definition) is 4. The van der Waals surface area contributed by atoms with Crippen LogP contribution in [-0.4, -0.2) is 52.5 Å². The molecule has 1 atom stereocenters. The first-order chi connectivity index (χ1) is 8.75. The average Bonchev–Trinajstić information content (AvgIpc) is 2.30. The van der Waals surface area contributed by atoms with Gasteiger partial charge in [0, 0.05) is 26.2 Å². The molecule has 0 radical (unpaired) electrons. The smallest absolute Gasteiger partial charge is 0.223 e. The van der Waals surface area contributed by atoms with Gasteiger partial charge in [0.2, 0.25) is 5.91 Å². The molecule has 0 bridgehead atoms. The van der Waals surface area contributed by atoms with E-state index in [1.54, 1.807) is 7.11 Å². The van der Waals surface area contributed by atoms with Gasteiger partial charge in [-0.15, -0.1) is 0 Å². The van der Waals surface area contributed by atoms with Crippen LogP contribution >= 0.6 is 0 Å². The normalized spacial score (nSPS) is 17.2. The van der Waals surface area contributed by atoms with Gasteiger partial charge in [0.1, 0.15) is 0 Å². The van der Waals surface area contributed by atoms with Crippen molar-refractivity contribution in [2.75, 3.05) is 46.6 Å². The molecule has 1 amide bonds. The molecule has 1 fully saturated rings. The predicted molar refractivity (Wildman–Crippen MR) is 70.5 cm³/mol. The van der Waals surface area contributed by atoms with E-state index in [4.69, 9.17) is 9.47 Å². The third-order valence-corrected chi connectivity index (χ3v) is 3.38. The van der Waals surface area contributed by atoms with Crippen molar-refractivity contribution in [2.45, 2.75) is 19.8 Å². The van der Waals surface area contributed by atoms with Gasteiger partial charge >= 0.3 is 0 Å². The van der Waals surface area contributed by atoms with Crippen LogP contribution in [0, 0.1) is 11.8 Å². The third-order valence-electron chi connectivity index (χ3n) is 3.38. The van der Waals surface area contributed by atoms with E-state index in [-0.39, 0.29) is 11.8 Å². The Balaban J connectivity index is 1.89. The Hall–Kier alpha value is -0.650. The van der Waals surface area contributed by atoms with Crippen LogP contribution in [-0.2, 0) is 14.3 Å². The molecule has 1 aliphatic rings. The van der Waals surface area contributed by atoms with Crippen molar-refractivity contribution in [1.29, 1.82) is 0 Å². The second-order valence-electron chi connectivity index (χ2n) is 4.81. The Bertz CT molecular complexity index is 232. The highest BCUT2D eigenvalue weighted by atomic mass is 16.5. The van der Waals surface area contributed by atoms with Gasteiger partial charge in [-0.1, -0.05) is 6.92 Å². The summed E-state index contributed by atoms with van der Waals surface area (Å²) in [6.07, 6.45) is 1.94. The van der Waals surface area contributed by atoms with Gasteiger partial charge in [0.15, 0.2) is 0 Å². The van der Waals surface area contributed by atoms with E-state index in [1.807, 2.05) is 6.92 Å². The highest BCUT2D eigenvalue weighted by Gasteiger charge is 2.28. The lowest BCUT2D eigenvalue weighted by Gasteiger charge is -2.31. The van der Waals surface area contributed by atoms with Crippen LogP contribution in [0.25, 0.3) is 0 Å². The number of rotatable bonds is 10. The lowest BCUT2D eigenvalue weighted by atomic mass is 9.88. The summed E-state index contributed by atoms with van der Waals surface area (Å²) in [7, 11) is 1.66. The van der Waals surface area contributed by atoms with E-state index >= 15 is 0 Å². The molecule has 0 aliphatic carbocycles. The molecule has 5 heteroatoms. The molecule has 0 aromatic rings. The Morgan fingerprint density at radius 2 is 2.11 bits per heavy atom. The molecule has 106 valence electrons. The Labute approximate surface area is 110 Å². The zero-order chi connectivity index (χ0) is 13.2. The Morgan fingerprint density at radius 1 is 1.33 bits per heavy atom. The fourth-order valence-electron chi connectivity index (χ4n) is 1.82. The van der Waals surface area contributed by atoms with Crippen molar-refractivity contribution in [3.8, 4) is 0 Å². The van der Waals surface area contributed by atoms with Gasteiger partial charge in [0.25, 0.3) is 0 Å². The van der Waals surface area contributed by atoms with Crippen LogP contribution in [0.3, 0.4) is 0 Å². The van der Waals surface area contributed by atoms with Crippen LogP contribution in [0.15, 0.2) is 0 Å². The van der Waals surface area contributed by atoms with Crippen LogP contribution < -0.4 is 10.6 Å². The van der Waals surface area contributed by atoms with E-state index in [9.17, 15) is 4.79 Å². The fraction of sp³-hybridized carbons (Fsp3) is 0.923. The summed E-state index contributed by atoms with van der Waals surface area (Å²) in [6.45, 7) is 6.73. The monoisotopic (exact) mass is 258 g/mol. The lowest BCUT2D eigenvalue weighted by Crippen LogP contribution is -2.49. The molecule has 5 nitrogen and oxygen atoms in total. The maximum atomic E-state index is 11.8. The van der Waals surface area contributed by atoms with Gasteiger partial charge < -0.3 is 20.1 Å². The van der Waals surface area contributed by atoms with E-state index in [0.29, 0.717) is 19.1 Å². The maximum Gasteiger partial charge on any atom is 0.223 e. The average molecular weight is 258 g/mol. The van der Waals surface area contributed by atoms with E-state index < -0.39 is 0 Å². The highest BCUT2D eigenvalue weighted by molar-refractivity contribution is 5.78. The van der Waals surface area contributed by atoms with Gasteiger partial charge in [-0.05, 0) is 31.8 Å². The van der Waals surface area contributed by atoms with Gasteiger partial charge in [-0.3, -0.25) is 4.79 Å². The number of methoxy groups -OCH3 is 1. The first-order valence-electron chi connectivity index (χ1n) is 6.80. The van der Waals surface area contributed by atoms with Crippen molar-refractivity contribution >= 4 is 5.91 Å².